The third-order valence-corrected chi connectivity index (χ3v) is 5.43. The Labute approximate surface area is 149 Å². The van der Waals surface area contributed by atoms with Crippen LogP contribution in [0, 0.1) is 11.8 Å². The molecule has 1 unspecified atom stereocenters. The van der Waals surface area contributed by atoms with Gasteiger partial charge in [0.2, 0.25) is 11.8 Å². The minimum Gasteiger partial charge on any atom is -0.378 e. The molecule has 3 rings (SSSR count). The fraction of sp³-hybridized carbons (Fsp3) is 0.600. The topological polar surface area (TPSA) is 58.6 Å². The lowest BCUT2D eigenvalue weighted by Gasteiger charge is -2.33. The Morgan fingerprint density at radius 3 is 2.28 bits per heavy atom. The SMILES string of the molecule is CC(NC(=O)C1CCC(C(=O)N2CCOCC2)CC1)c1ccccc1. The first kappa shape index (κ1) is 17.9. The molecular formula is C20H28N2O3. The number of amides is 2. The number of hydrogen-bond acceptors (Lipinski definition) is 3. The standard InChI is InChI=1S/C20H28N2O3/c1-15(16-5-3-2-4-6-16)21-19(23)17-7-9-18(10-8-17)20(24)22-11-13-25-14-12-22/h2-6,15,17-18H,7-14H2,1H3,(H,21,23). The van der Waals surface area contributed by atoms with Crippen molar-refractivity contribution in [3.05, 3.63) is 35.9 Å². The maximum atomic E-state index is 12.6. The molecule has 2 amide bonds. The molecule has 0 aromatic heterocycles. The van der Waals surface area contributed by atoms with Gasteiger partial charge in [-0.05, 0) is 38.2 Å². The van der Waals surface area contributed by atoms with Crippen molar-refractivity contribution in [3.63, 3.8) is 0 Å². The van der Waals surface area contributed by atoms with Crippen LogP contribution in [0.5, 0.6) is 0 Å². The van der Waals surface area contributed by atoms with Crippen LogP contribution in [0.25, 0.3) is 0 Å². The van der Waals surface area contributed by atoms with Gasteiger partial charge in [-0.1, -0.05) is 30.3 Å². The summed E-state index contributed by atoms with van der Waals surface area (Å²) in [7, 11) is 0. The summed E-state index contributed by atoms with van der Waals surface area (Å²) < 4.78 is 5.31. The molecule has 2 aliphatic rings. The Hall–Kier alpha value is -1.88. The number of carbonyl (C=O) groups excluding carboxylic acids is 2. The zero-order valence-corrected chi connectivity index (χ0v) is 14.9. The average molecular weight is 344 g/mol. The van der Waals surface area contributed by atoms with Gasteiger partial charge in [0.1, 0.15) is 0 Å². The van der Waals surface area contributed by atoms with Crippen LogP contribution in [-0.2, 0) is 14.3 Å². The van der Waals surface area contributed by atoms with Crippen LogP contribution in [0.3, 0.4) is 0 Å². The van der Waals surface area contributed by atoms with Crippen molar-refractivity contribution in [2.45, 2.75) is 38.6 Å². The average Bonchev–Trinajstić information content (AvgIpc) is 2.69. The molecule has 25 heavy (non-hydrogen) atoms. The van der Waals surface area contributed by atoms with E-state index >= 15 is 0 Å². The monoisotopic (exact) mass is 344 g/mol. The van der Waals surface area contributed by atoms with Gasteiger partial charge in [-0.25, -0.2) is 0 Å². The van der Waals surface area contributed by atoms with Crippen LogP contribution in [0.4, 0.5) is 0 Å². The number of benzene rings is 1. The highest BCUT2D eigenvalue weighted by Crippen LogP contribution is 2.31. The smallest absolute Gasteiger partial charge is 0.225 e. The molecule has 5 heteroatoms. The maximum absolute atomic E-state index is 12.6. The second-order valence-electron chi connectivity index (χ2n) is 7.13. The molecule has 136 valence electrons. The van der Waals surface area contributed by atoms with Crippen LogP contribution < -0.4 is 5.32 Å². The first-order valence-corrected chi connectivity index (χ1v) is 9.37. The zero-order valence-electron chi connectivity index (χ0n) is 14.9. The van der Waals surface area contributed by atoms with Gasteiger partial charge in [-0.3, -0.25) is 9.59 Å². The van der Waals surface area contributed by atoms with Crippen molar-refractivity contribution in [2.24, 2.45) is 11.8 Å². The van der Waals surface area contributed by atoms with E-state index in [0.29, 0.717) is 26.3 Å². The maximum Gasteiger partial charge on any atom is 0.225 e. The second kappa shape index (κ2) is 8.48. The Bertz CT molecular complexity index is 576. The van der Waals surface area contributed by atoms with Crippen LogP contribution in [0.1, 0.15) is 44.2 Å². The Balaban J connectivity index is 1.46. The van der Waals surface area contributed by atoms with E-state index in [1.807, 2.05) is 42.2 Å². The van der Waals surface area contributed by atoms with Gasteiger partial charge in [0, 0.05) is 24.9 Å². The molecule has 1 aromatic carbocycles. The number of morpholine rings is 1. The quantitative estimate of drug-likeness (QED) is 0.913. The Morgan fingerprint density at radius 2 is 1.64 bits per heavy atom. The van der Waals surface area contributed by atoms with Gasteiger partial charge in [0.05, 0.1) is 19.3 Å². The molecule has 2 fully saturated rings. The van der Waals surface area contributed by atoms with Gasteiger partial charge in [-0.2, -0.15) is 0 Å². The largest absolute Gasteiger partial charge is 0.378 e. The van der Waals surface area contributed by atoms with Crippen LogP contribution in [-0.4, -0.2) is 43.0 Å². The predicted octanol–water partition coefficient (Wildman–Crippen LogP) is 2.53. The fourth-order valence-electron chi connectivity index (χ4n) is 3.80. The van der Waals surface area contributed by atoms with Gasteiger partial charge in [0.15, 0.2) is 0 Å². The molecule has 1 N–H and O–H groups in total. The third kappa shape index (κ3) is 4.60. The van der Waals surface area contributed by atoms with E-state index in [9.17, 15) is 9.59 Å². The Kier molecular flexibility index (Phi) is 6.08. The summed E-state index contributed by atoms with van der Waals surface area (Å²) in [6, 6.07) is 10.0. The molecular weight excluding hydrogens is 316 g/mol. The first-order chi connectivity index (χ1) is 12.1. The molecule has 1 saturated heterocycles. The summed E-state index contributed by atoms with van der Waals surface area (Å²) in [5, 5.41) is 3.12. The van der Waals surface area contributed by atoms with Crippen molar-refractivity contribution in [1.29, 1.82) is 0 Å². The minimum absolute atomic E-state index is 0.0152. The van der Waals surface area contributed by atoms with Crippen molar-refractivity contribution in [1.82, 2.24) is 10.2 Å². The van der Waals surface area contributed by atoms with E-state index in [1.54, 1.807) is 0 Å². The lowest BCUT2D eigenvalue weighted by molar-refractivity contribution is -0.142. The van der Waals surface area contributed by atoms with Gasteiger partial charge < -0.3 is 15.0 Å². The highest BCUT2D eigenvalue weighted by atomic mass is 16.5. The van der Waals surface area contributed by atoms with Crippen LogP contribution in [0.2, 0.25) is 0 Å². The van der Waals surface area contributed by atoms with E-state index < -0.39 is 0 Å². The zero-order chi connectivity index (χ0) is 17.6. The number of hydrogen-bond donors (Lipinski definition) is 1. The van der Waals surface area contributed by atoms with E-state index in [0.717, 1.165) is 31.2 Å². The molecule has 1 saturated carbocycles. The van der Waals surface area contributed by atoms with Crippen molar-refractivity contribution >= 4 is 11.8 Å². The van der Waals surface area contributed by atoms with Crippen molar-refractivity contribution < 1.29 is 14.3 Å². The molecule has 1 aliphatic carbocycles. The summed E-state index contributed by atoms with van der Waals surface area (Å²) in [5.74, 6) is 0.474. The number of rotatable bonds is 4. The van der Waals surface area contributed by atoms with Gasteiger partial charge >= 0.3 is 0 Å². The second-order valence-corrected chi connectivity index (χ2v) is 7.13. The van der Waals surface area contributed by atoms with Gasteiger partial charge in [0.25, 0.3) is 0 Å². The van der Waals surface area contributed by atoms with E-state index in [-0.39, 0.29) is 29.7 Å². The summed E-state index contributed by atoms with van der Waals surface area (Å²) in [6.45, 7) is 4.70. The molecule has 5 nitrogen and oxygen atoms in total. The summed E-state index contributed by atoms with van der Waals surface area (Å²) >= 11 is 0. The molecule has 1 heterocycles. The molecule has 1 aliphatic heterocycles. The molecule has 0 bridgehead atoms. The minimum atomic E-state index is 0.0152. The van der Waals surface area contributed by atoms with E-state index in [2.05, 4.69) is 5.32 Å². The number of nitrogens with one attached hydrogen (secondary N) is 1. The van der Waals surface area contributed by atoms with Crippen LogP contribution >= 0.6 is 0 Å². The van der Waals surface area contributed by atoms with E-state index in [4.69, 9.17) is 4.74 Å². The predicted molar refractivity (Wildman–Crippen MR) is 95.8 cm³/mol. The van der Waals surface area contributed by atoms with Crippen LogP contribution in [0.15, 0.2) is 30.3 Å². The lowest BCUT2D eigenvalue weighted by atomic mass is 9.80. The summed E-state index contributed by atoms with van der Waals surface area (Å²) in [6.07, 6.45) is 3.23. The van der Waals surface area contributed by atoms with Gasteiger partial charge in [-0.15, -0.1) is 0 Å². The third-order valence-electron chi connectivity index (χ3n) is 5.43. The molecule has 0 radical (unpaired) electrons. The summed E-state index contributed by atoms with van der Waals surface area (Å²) in [4.78, 5) is 27.0. The Morgan fingerprint density at radius 1 is 1.04 bits per heavy atom. The van der Waals surface area contributed by atoms with Crippen molar-refractivity contribution in [2.75, 3.05) is 26.3 Å². The first-order valence-electron chi connectivity index (χ1n) is 9.37. The van der Waals surface area contributed by atoms with Crippen molar-refractivity contribution in [3.8, 4) is 0 Å². The highest BCUT2D eigenvalue weighted by molar-refractivity contribution is 5.81. The molecule has 0 spiro atoms. The molecule has 1 aromatic rings. The normalized spacial score (nSPS) is 25.2. The lowest BCUT2D eigenvalue weighted by Crippen LogP contribution is -2.45. The number of ether oxygens (including phenoxy) is 1. The van der Waals surface area contributed by atoms with E-state index in [1.165, 1.54) is 0 Å². The fourth-order valence-corrected chi connectivity index (χ4v) is 3.80. The molecule has 1 atom stereocenters. The summed E-state index contributed by atoms with van der Waals surface area (Å²) in [5.41, 5.74) is 1.12. The number of carbonyl (C=O) groups is 2. The highest BCUT2D eigenvalue weighted by Gasteiger charge is 2.32. The number of nitrogens with zero attached hydrogens (tertiary/aromatic N) is 1.